The Bertz CT molecular complexity index is 978. The number of fused-ring (bicyclic) bond motifs is 1. The molecule has 4 rings (SSSR count). The normalized spacial score (nSPS) is 19.5. The number of carbonyl (C=O) groups is 2. The standard InChI is InChI=1S/C20H24N6O2/c1-12-22-16-6-5-13(9-18(16)23-12)10-19(27)24-14-3-2-4-15(11-14)25-20(28)17-7-8-21-26-17/h5-9,14-15H,2-4,10-11H2,1H3,(H,21,26)(H,22,23)(H,24,27)(H,25,28)/t14-,15-/m1/s1. The summed E-state index contributed by atoms with van der Waals surface area (Å²) in [5, 5.41) is 12.6. The average molecular weight is 380 g/mol. The van der Waals surface area contributed by atoms with E-state index < -0.39 is 0 Å². The maximum Gasteiger partial charge on any atom is 0.269 e. The molecule has 8 nitrogen and oxygen atoms in total. The molecular weight excluding hydrogens is 356 g/mol. The molecule has 0 radical (unpaired) electrons. The second kappa shape index (κ2) is 7.84. The number of imidazole rings is 1. The van der Waals surface area contributed by atoms with E-state index in [0.717, 1.165) is 48.1 Å². The van der Waals surface area contributed by atoms with Crippen LogP contribution in [0, 0.1) is 6.92 Å². The van der Waals surface area contributed by atoms with E-state index in [9.17, 15) is 9.59 Å². The van der Waals surface area contributed by atoms with Crippen LogP contribution < -0.4 is 10.6 Å². The Hall–Kier alpha value is -3.16. The minimum absolute atomic E-state index is 0.00105. The zero-order valence-corrected chi connectivity index (χ0v) is 15.8. The topological polar surface area (TPSA) is 116 Å². The van der Waals surface area contributed by atoms with Crippen LogP contribution in [0.2, 0.25) is 0 Å². The van der Waals surface area contributed by atoms with Crippen LogP contribution in [0.25, 0.3) is 11.0 Å². The number of benzene rings is 1. The zero-order chi connectivity index (χ0) is 19.5. The van der Waals surface area contributed by atoms with Crippen molar-refractivity contribution in [2.75, 3.05) is 0 Å². The predicted molar refractivity (Wildman–Crippen MR) is 105 cm³/mol. The summed E-state index contributed by atoms with van der Waals surface area (Å²) >= 11 is 0. The smallest absolute Gasteiger partial charge is 0.269 e. The lowest BCUT2D eigenvalue weighted by atomic mass is 9.90. The Morgan fingerprint density at radius 1 is 1.18 bits per heavy atom. The van der Waals surface area contributed by atoms with E-state index in [0.29, 0.717) is 12.1 Å². The Morgan fingerprint density at radius 3 is 2.79 bits per heavy atom. The fraction of sp³-hybridized carbons (Fsp3) is 0.400. The summed E-state index contributed by atoms with van der Waals surface area (Å²) in [6, 6.07) is 7.63. The maximum atomic E-state index is 12.5. The fourth-order valence-corrected chi connectivity index (χ4v) is 3.86. The number of rotatable bonds is 5. The van der Waals surface area contributed by atoms with Gasteiger partial charge in [0.15, 0.2) is 0 Å². The minimum Gasteiger partial charge on any atom is -0.353 e. The van der Waals surface area contributed by atoms with Crippen molar-refractivity contribution in [1.29, 1.82) is 0 Å². The molecule has 1 saturated carbocycles. The molecule has 1 aromatic carbocycles. The van der Waals surface area contributed by atoms with Crippen molar-refractivity contribution in [3.8, 4) is 0 Å². The third kappa shape index (κ3) is 4.21. The summed E-state index contributed by atoms with van der Waals surface area (Å²) in [5.41, 5.74) is 3.26. The molecule has 0 spiro atoms. The Balaban J connectivity index is 1.31. The van der Waals surface area contributed by atoms with Crippen molar-refractivity contribution >= 4 is 22.8 Å². The van der Waals surface area contributed by atoms with Crippen LogP contribution in [0.4, 0.5) is 0 Å². The molecule has 1 fully saturated rings. The van der Waals surface area contributed by atoms with Gasteiger partial charge in [0.2, 0.25) is 5.91 Å². The number of nitrogens with one attached hydrogen (secondary N) is 4. The molecule has 8 heteroatoms. The summed E-state index contributed by atoms with van der Waals surface area (Å²) in [6.07, 6.45) is 5.45. The number of aryl methyl sites for hydroxylation is 1. The Kier molecular flexibility index (Phi) is 5.10. The van der Waals surface area contributed by atoms with Crippen molar-refractivity contribution in [3.63, 3.8) is 0 Å². The van der Waals surface area contributed by atoms with Gasteiger partial charge in [-0.15, -0.1) is 0 Å². The second-order valence-corrected chi connectivity index (χ2v) is 7.42. The number of aromatic amines is 2. The molecule has 3 aromatic rings. The van der Waals surface area contributed by atoms with Crippen molar-refractivity contribution < 1.29 is 9.59 Å². The van der Waals surface area contributed by atoms with Gasteiger partial charge in [-0.3, -0.25) is 14.7 Å². The van der Waals surface area contributed by atoms with Gasteiger partial charge in [-0.05, 0) is 56.4 Å². The highest BCUT2D eigenvalue weighted by molar-refractivity contribution is 5.92. The summed E-state index contributed by atoms with van der Waals surface area (Å²) in [6.45, 7) is 1.91. The van der Waals surface area contributed by atoms with Gasteiger partial charge in [-0.2, -0.15) is 5.10 Å². The highest BCUT2D eigenvalue weighted by atomic mass is 16.2. The minimum atomic E-state index is -0.155. The van der Waals surface area contributed by atoms with Gasteiger partial charge < -0.3 is 15.6 Å². The average Bonchev–Trinajstić information content (AvgIpc) is 3.30. The van der Waals surface area contributed by atoms with Gasteiger partial charge in [-0.25, -0.2) is 4.98 Å². The van der Waals surface area contributed by atoms with Crippen LogP contribution in [0.5, 0.6) is 0 Å². The van der Waals surface area contributed by atoms with Gasteiger partial charge in [0, 0.05) is 18.3 Å². The molecule has 4 N–H and O–H groups in total. The first kappa shape index (κ1) is 18.2. The van der Waals surface area contributed by atoms with E-state index in [4.69, 9.17) is 0 Å². The SMILES string of the molecule is Cc1nc2ccc(CC(=O)N[C@@H]3CCC[C@@H](NC(=O)c4ccn[nH]4)C3)cc2[nH]1. The molecule has 0 aliphatic heterocycles. The number of hydrogen-bond acceptors (Lipinski definition) is 4. The molecule has 0 unspecified atom stereocenters. The molecule has 2 amide bonds. The first-order valence-electron chi connectivity index (χ1n) is 9.61. The quantitative estimate of drug-likeness (QED) is 0.542. The van der Waals surface area contributed by atoms with Gasteiger partial charge in [0.05, 0.1) is 17.5 Å². The number of carbonyl (C=O) groups excluding carboxylic acids is 2. The Morgan fingerprint density at radius 2 is 2.00 bits per heavy atom. The lowest BCUT2D eigenvalue weighted by molar-refractivity contribution is -0.121. The number of nitrogens with zero attached hydrogens (tertiary/aromatic N) is 2. The molecule has 28 heavy (non-hydrogen) atoms. The van der Waals surface area contributed by atoms with Crippen LogP contribution in [0.15, 0.2) is 30.5 Å². The first-order chi connectivity index (χ1) is 13.6. The van der Waals surface area contributed by atoms with Gasteiger partial charge in [0.1, 0.15) is 11.5 Å². The highest BCUT2D eigenvalue weighted by Crippen LogP contribution is 2.20. The van der Waals surface area contributed by atoms with Crippen LogP contribution in [0.1, 0.15) is 47.6 Å². The van der Waals surface area contributed by atoms with Crippen LogP contribution in [0.3, 0.4) is 0 Å². The van der Waals surface area contributed by atoms with Gasteiger partial charge in [-0.1, -0.05) is 6.07 Å². The highest BCUT2D eigenvalue weighted by Gasteiger charge is 2.25. The van der Waals surface area contributed by atoms with Crippen molar-refractivity contribution in [3.05, 3.63) is 47.5 Å². The Labute approximate surface area is 162 Å². The summed E-state index contributed by atoms with van der Waals surface area (Å²) in [7, 11) is 0. The van der Waals surface area contributed by atoms with Crippen LogP contribution >= 0.6 is 0 Å². The van der Waals surface area contributed by atoms with Crippen LogP contribution in [-0.2, 0) is 11.2 Å². The largest absolute Gasteiger partial charge is 0.353 e. The number of H-pyrrole nitrogens is 2. The summed E-state index contributed by atoms with van der Waals surface area (Å²) < 4.78 is 0. The van der Waals surface area contributed by atoms with E-state index in [1.165, 1.54) is 0 Å². The lowest BCUT2D eigenvalue weighted by Gasteiger charge is -2.30. The van der Waals surface area contributed by atoms with E-state index in [1.54, 1.807) is 12.3 Å². The van der Waals surface area contributed by atoms with E-state index in [2.05, 4.69) is 30.8 Å². The first-order valence-corrected chi connectivity index (χ1v) is 9.61. The monoisotopic (exact) mass is 380 g/mol. The molecular formula is C20H24N6O2. The van der Waals surface area contributed by atoms with E-state index >= 15 is 0 Å². The molecule has 1 aliphatic rings. The number of hydrogen-bond donors (Lipinski definition) is 4. The second-order valence-electron chi connectivity index (χ2n) is 7.42. The number of aromatic nitrogens is 4. The fourth-order valence-electron chi connectivity index (χ4n) is 3.86. The van der Waals surface area contributed by atoms with Gasteiger partial charge >= 0.3 is 0 Å². The van der Waals surface area contributed by atoms with Crippen molar-refractivity contribution in [1.82, 2.24) is 30.8 Å². The molecule has 146 valence electrons. The molecule has 2 atom stereocenters. The predicted octanol–water partition coefficient (Wildman–Crippen LogP) is 1.99. The molecule has 2 aromatic heterocycles. The molecule has 2 heterocycles. The van der Waals surface area contributed by atoms with Crippen molar-refractivity contribution in [2.24, 2.45) is 0 Å². The van der Waals surface area contributed by atoms with E-state index in [-0.39, 0.29) is 23.9 Å². The zero-order valence-electron chi connectivity index (χ0n) is 15.8. The van der Waals surface area contributed by atoms with E-state index in [1.807, 2.05) is 25.1 Å². The summed E-state index contributed by atoms with van der Waals surface area (Å²) in [5.74, 6) is 0.709. The van der Waals surface area contributed by atoms with Crippen LogP contribution in [-0.4, -0.2) is 44.1 Å². The maximum absolute atomic E-state index is 12.5. The number of amides is 2. The molecule has 1 aliphatic carbocycles. The van der Waals surface area contributed by atoms with Gasteiger partial charge in [0.25, 0.3) is 5.91 Å². The third-order valence-electron chi connectivity index (χ3n) is 5.15. The summed E-state index contributed by atoms with van der Waals surface area (Å²) in [4.78, 5) is 32.3. The van der Waals surface area contributed by atoms with Crippen molar-refractivity contribution in [2.45, 2.75) is 51.1 Å². The molecule has 0 saturated heterocycles. The third-order valence-corrected chi connectivity index (χ3v) is 5.15. The molecule has 0 bridgehead atoms. The lowest BCUT2D eigenvalue weighted by Crippen LogP contribution is -2.46.